The maximum absolute atomic E-state index is 12.3. The van der Waals surface area contributed by atoms with Crippen LogP contribution in [0.15, 0.2) is 22.7 Å². The molecule has 1 saturated heterocycles. The fourth-order valence-corrected chi connectivity index (χ4v) is 3.03. The molecule has 5 nitrogen and oxygen atoms in total. The Labute approximate surface area is 136 Å². The minimum atomic E-state index is -0.861. The topological polar surface area (TPSA) is 69.6 Å². The van der Waals surface area contributed by atoms with Gasteiger partial charge in [-0.2, -0.15) is 0 Å². The molecule has 2 N–H and O–H groups in total. The minimum absolute atomic E-state index is 0.156. The first-order valence-corrected chi connectivity index (χ1v) is 7.78. The number of carboxylic acid groups (broad SMARTS) is 1. The average Bonchev–Trinajstić information content (AvgIpc) is 2.43. The van der Waals surface area contributed by atoms with Gasteiger partial charge >= 0.3 is 12.0 Å². The summed E-state index contributed by atoms with van der Waals surface area (Å²) in [4.78, 5) is 25.0. The third kappa shape index (κ3) is 3.89. The summed E-state index contributed by atoms with van der Waals surface area (Å²) in [6.07, 6.45) is 0.594. The number of anilines is 1. The molecule has 2 unspecified atom stereocenters. The number of likely N-dealkylation sites (tertiary alicyclic amines) is 1. The fraction of sp³-hybridized carbons (Fsp3) is 0.429. The number of amides is 2. The Morgan fingerprint density at radius 2 is 2.14 bits per heavy atom. The second-order valence-electron chi connectivity index (χ2n) is 5.31. The molecule has 0 aromatic heterocycles. The van der Waals surface area contributed by atoms with Crippen molar-refractivity contribution in [2.75, 3.05) is 18.4 Å². The van der Waals surface area contributed by atoms with Gasteiger partial charge in [-0.25, -0.2) is 4.79 Å². The van der Waals surface area contributed by atoms with Gasteiger partial charge < -0.3 is 15.3 Å². The number of nitrogens with one attached hydrogen (secondary N) is 1. The lowest BCUT2D eigenvalue weighted by Gasteiger charge is -2.34. The fourth-order valence-electron chi connectivity index (χ4n) is 2.49. The van der Waals surface area contributed by atoms with Crippen LogP contribution >= 0.6 is 27.5 Å². The molecule has 1 fully saturated rings. The third-order valence-corrected chi connectivity index (χ3v) is 4.79. The quantitative estimate of drug-likeness (QED) is 0.828. The maximum Gasteiger partial charge on any atom is 0.321 e. The zero-order valence-electron chi connectivity index (χ0n) is 11.5. The van der Waals surface area contributed by atoms with Crippen LogP contribution < -0.4 is 5.32 Å². The third-order valence-electron chi connectivity index (χ3n) is 3.49. The summed E-state index contributed by atoms with van der Waals surface area (Å²) >= 11 is 9.41. The molecule has 1 aliphatic heterocycles. The Morgan fingerprint density at radius 3 is 2.81 bits per heavy atom. The molecule has 0 radical (unpaired) electrons. The molecule has 1 aromatic carbocycles. The molecule has 1 heterocycles. The summed E-state index contributed by atoms with van der Waals surface area (Å²) in [5.41, 5.74) is 0.501. The monoisotopic (exact) mass is 374 g/mol. The van der Waals surface area contributed by atoms with E-state index in [0.29, 0.717) is 28.1 Å². The minimum Gasteiger partial charge on any atom is -0.481 e. The molecule has 1 aromatic rings. The molecular formula is C14H16BrClN2O3. The van der Waals surface area contributed by atoms with Crippen LogP contribution in [0.1, 0.15) is 13.3 Å². The summed E-state index contributed by atoms with van der Waals surface area (Å²) in [7, 11) is 0. The van der Waals surface area contributed by atoms with E-state index in [-0.39, 0.29) is 18.5 Å². The largest absolute Gasteiger partial charge is 0.481 e. The normalized spacial score (nSPS) is 22.0. The van der Waals surface area contributed by atoms with Crippen molar-refractivity contribution in [3.05, 3.63) is 27.7 Å². The maximum atomic E-state index is 12.3. The second kappa shape index (κ2) is 6.66. The number of benzene rings is 1. The summed E-state index contributed by atoms with van der Waals surface area (Å²) in [6.45, 7) is 2.71. The van der Waals surface area contributed by atoms with Crippen molar-refractivity contribution in [3.8, 4) is 0 Å². The SMILES string of the molecule is CC1CC(C(=O)O)CN(C(=O)Nc2cccc(Br)c2Cl)C1. The molecule has 2 atom stereocenters. The highest BCUT2D eigenvalue weighted by Gasteiger charge is 2.32. The van der Waals surface area contributed by atoms with Crippen LogP contribution in [-0.4, -0.2) is 35.1 Å². The van der Waals surface area contributed by atoms with E-state index in [1.807, 2.05) is 6.92 Å². The predicted molar refractivity (Wildman–Crippen MR) is 84.7 cm³/mol. The van der Waals surface area contributed by atoms with Crippen molar-refractivity contribution in [1.29, 1.82) is 0 Å². The van der Waals surface area contributed by atoms with Gasteiger partial charge in [-0.05, 0) is 40.4 Å². The number of piperidine rings is 1. The molecule has 7 heteroatoms. The summed E-state index contributed by atoms with van der Waals surface area (Å²) in [5, 5.41) is 12.3. The Kier molecular flexibility index (Phi) is 5.11. The number of urea groups is 1. The summed E-state index contributed by atoms with van der Waals surface area (Å²) < 4.78 is 0.692. The van der Waals surface area contributed by atoms with Crippen molar-refractivity contribution < 1.29 is 14.7 Å². The molecule has 2 amide bonds. The molecule has 2 rings (SSSR count). The first-order valence-electron chi connectivity index (χ1n) is 6.61. The van der Waals surface area contributed by atoms with Gasteiger partial charge in [0, 0.05) is 17.6 Å². The van der Waals surface area contributed by atoms with E-state index in [1.165, 1.54) is 4.90 Å². The van der Waals surface area contributed by atoms with Crippen LogP contribution in [-0.2, 0) is 4.79 Å². The van der Waals surface area contributed by atoms with E-state index < -0.39 is 11.9 Å². The summed E-state index contributed by atoms with van der Waals surface area (Å²) in [6, 6.07) is 4.92. The Bertz CT molecular complexity index is 567. The lowest BCUT2D eigenvalue weighted by atomic mass is 9.91. The number of nitrogens with zero attached hydrogens (tertiary/aromatic N) is 1. The highest BCUT2D eigenvalue weighted by molar-refractivity contribution is 9.10. The first-order chi connectivity index (χ1) is 9.88. The lowest BCUT2D eigenvalue weighted by Crippen LogP contribution is -2.47. The Hall–Kier alpha value is -1.27. The van der Waals surface area contributed by atoms with E-state index in [1.54, 1.807) is 18.2 Å². The van der Waals surface area contributed by atoms with E-state index in [4.69, 9.17) is 16.7 Å². The highest BCUT2D eigenvalue weighted by atomic mass is 79.9. The Balaban J connectivity index is 2.09. The summed E-state index contributed by atoms with van der Waals surface area (Å²) in [5.74, 6) is -1.22. The lowest BCUT2D eigenvalue weighted by molar-refractivity contribution is -0.143. The average molecular weight is 376 g/mol. The number of hydrogen-bond acceptors (Lipinski definition) is 2. The number of halogens is 2. The van der Waals surface area contributed by atoms with Gasteiger partial charge in [0.05, 0.1) is 16.6 Å². The van der Waals surface area contributed by atoms with Crippen LogP contribution in [0.4, 0.5) is 10.5 Å². The number of carbonyl (C=O) groups is 2. The highest BCUT2D eigenvalue weighted by Crippen LogP contribution is 2.30. The first kappa shape index (κ1) is 16.1. The molecule has 114 valence electrons. The van der Waals surface area contributed by atoms with Gasteiger partial charge in [0.1, 0.15) is 0 Å². The van der Waals surface area contributed by atoms with Crippen LogP contribution in [0.2, 0.25) is 5.02 Å². The molecule has 0 spiro atoms. The van der Waals surface area contributed by atoms with E-state index in [0.717, 1.165) is 0 Å². The van der Waals surface area contributed by atoms with Gasteiger partial charge in [-0.1, -0.05) is 24.6 Å². The van der Waals surface area contributed by atoms with Crippen LogP contribution in [0.3, 0.4) is 0 Å². The molecule has 0 saturated carbocycles. The molecule has 0 bridgehead atoms. The van der Waals surface area contributed by atoms with E-state index in [9.17, 15) is 9.59 Å². The second-order valence-corrected chi connectivity index (χ2v) is 6.54. The van der Waals surface area contributed by atoms with Gasteiger partial charge in [0.2, 0.25) is 0 Å². The van der Waals surface area contributed by atoms with Gasteiger partial charge in [0.25, 0.3) is 0 Å². The molecular weight excluding hydrogens is 360 g/mol. The van der Waals surface area contributed by atoms with Crippen molar-refractivity contribution >= 4 is 45.2 Å². The van der Waals surface area contributed by atoms with Crippen molar-refractivity contribution in [2.45, 2.75) is 13.3 Å². The van der Waals surface area contributed by atoms with E-state index in [2.05, 4.69) is 21.2 Å². The van der Waals surface area contributed by atoms with Crippen molar-refractivity contribution in [3.63, 3.8) is 0 Å². The van der Waals surface area contributed by atoms with Gasteiger partial charge in [-0.3, -0.25) is 4.79 Å². The molecule has 0 aliphatic carbocycles. The zero-order valence-corrected chi connectivity index (χ0v) is 13.8. The Morgan fingerprint density at radius 1 is 1.43 bits per heavy atom. The number of rotatable bonds is 2. The predicted octanol–water partition coefficient (Wildman–Crippen LogP) is 3.68. The molecule has 1 aliphatic rings. The zero-order chi connectivity index (χ0) is 15.6. The van der Waals surface area contributed by atoms with Crippen molar-refractivity contribution in [1.82, 2.24) is 4.90 Å². The smallest absolute Gasteiger partial charge is 0.321 e. The van der Waals surface area contributed by atoms with Crippen LogP contribution in [0, 0.1) is 11.8 Å². The standard InChI is InChI=1S/C14H16BrClN2O3/c1-8-5-9(13(19)20)7-18(6-8)14(21)17-11-4-2-3-10(15)12(11)16/h2-4,8-9H,5-7H2,1H3,(H,17,21)(H,19,20). The molecule has 21 heavy (non-hydrogen) atoms. The number of carboxylic acids is 1. The van der Waals surface area contributed by atoms with Gasteiger partial charge in [0.15, 0.2) is 0 Å². The number of carbonyl (C=O) groups excluding carboxylic acids is 1. The van der Waals surface area contributed by atoms with E-state index >= 15 is 0 Å². The number of aliphatic carboxylic acids is 1. The van der Waals surface area contributed by atoms with Crippen LogP contribution in [0.25, 0.3) is 0 Å². The number of hydrogen-bond donors (Lipinski definition) is 2. The van der Waals surface area contributed by atoms with Crippen LogP contribution in [0.5, 0.6) is 0 Å². The van der Waals surface area contributed by atoms with Crippen molar-refractivity contribution in [2.24, 2.45) is 11.8 Å². The van der Waals surface area contributed by atoms with Gasteiger partial charge in [-0.15, -0.1) is 0 Å².